The van der Waals surface area contributed by atoms with Crippen LogP contribution in [0.3, 0.4) is 0 Å². The van der Waals surface area contributed by atoms with Crippen LogP contribution in [0, 0.1) is 28.6 Å². The molecule has 0 aromatic carbocycles. The summed E-state index contributed by atoms with van der Waals surface area (Å²) in [5.41, 5.74) is 0.570. The van der Waals surface area contributed by atoms with Gasteiger partial charge in [-0.05, 0) is 62.0 Å². The maximum absolute atomic E-state index is 13.4. The maximum Gasteiger partial charge on any atom is 0.311 e. The van der Waals surface area contributed by atoms with Crippen molar-refractivity contribution in [2.75, 3.05) is 6.61 Å². The number of aliphatic hydroxyl groups excluding tert-OH is 5. The number of esters is 3. The second kappa shape index (κ2) is 14.5. The molecular weight excluding hydrogens is 628 g/mol. The van der Waals surface area contributed by atoms with E-state index in [0.717, 1.165) is 11.1 Å². The molecular formula is C35H54O13. The monoisotopic (exact) mass is 682 g/mol. The average Bonchev–Trinajstić information content (AvgIpc) is 2.96. The Morgan fingerprint density at radius 1 is 0.979 bits per heavy atom. The smallest absolute Gasteiger partial charge is 0.311 e. The highest BCUT2D eigenvalue weighted by molar-refractivity contribution is 5.73. The van der Waals surface area contributed by atoms with Crippen molar-refractivity contribution in [1.29, 1.82) is 0 Å². The van der Waals surface area contributed by atoms with Crippen LogP contribution < -0.4 is 0 Å². The van der Waals surface area contributed by atoms with E-state index in [4.69, 9.17) is 23.7 Å². The van der Waals surface area contributed by atoms with Crippen molar-refractivity contribution in [3.63, 3.8) is 0 Å². The van der Waals surface area contributed by atoms with Gasteiger partial charge in [-0.2, -0.15) is 0 Å². The third-order valence-corrected chi connectivity index (χ3v) is 11.2. The van der Waals surface area contributed by atoms with E-state index in [0.29, 0.717) is 24.8 Å². The zero-order valence-electron chi connectivity index (χ0n) is 29.3. The lowest BCUT2D eigenvalue weighted by molar-refractivity contribution is -0.312. The Morgan fingerprint density at radius 2 is 1.60 bits per heavy atom. The highest BCUT2D eigenvalue weighted by Gasteiger charge is 2.62. The van der Waals surface area contributed by atoms with Gasteiger partial charge in [0.05, 0.1) is 24.7 Å². The highest BCUT2D eigenvalue weighted by Crippen LogP contribution is 2.61. The molecule has 0 amide bonds. The van der Waals surface area contributed by atoms with Gasteiger partial charge in [0.1, 0.15) is 42.7 Å². The average molecular weight is 683 g/mol. The number of carbonyl (C=O) groups is 3. The summed E-state index contributed by atoms with van der Waals surface area (Å²) >= 11 is 0. The van der Waals surface area contributed by atoms with Gasteiger partial charge < -0.3 is 49.2 Å². The highest BCUT2D eigenvalue weighted by atomic mass is 16.7. The zero-order chi connectivity index (χ0) is 36.0. The van der Waals surface area contributed by atoms with Gasteiger partial charge in [0, 0.05) is 32.1 Å². The first-order valence-electron chi connectivity index (χ1n) is 16.8. The molecule has 0 unspecified atom stereocenters. The Labute approximate surface area is 282 Å². The number of carbonyl (C=O) groups excluding carboxylic acids is 3. The third kappa shape index (κ3) is 7.24. The molecule has 2 bridgehead atoms. The minimum atomic E-state index is -1.65. The van der Waals surface area contributed by atoms with E-state index in [9.17, 15) is 39.9 Å². The van der Waals surface area contributed by atoms with Crippen LogP contribution >= 0.6 is 0 Å². The molecule has 48 heavy (non-hydrogen) atoms. The van der Waals surface area contributed by atoms with Gasteiger partial charge in [0.25, 0.3) is 0 Å². The largest absolute Gasteiger partial charge is 0.461 e. The summed E-state index contributed by atoms with van der Waals surface area (Å²) < 4.78 is 30.5. The molecule has 1 saturated heterocycles. The lowest BCUT2D eigenvalue weighted by atomic mass is 9.50. The van der Waals surface area contributed by atoms with Crippen molar-refractivity contribution >= 4 is 17.9 Å². The lowest BCUT2D eigenvalue weighted by Gasteiger charge is -2.59. The molecule has 14 atom stereocenters. The molecule has 0 spiro atoms. The quantitative estimate of drug-likeness (QED) is 0.141. The van der Waals surface area contributed by atoms with Crippen LogP contribution in [0.2, 0.25) is 0 Å². The van der Waals surface area contributed by atoms with Crippen molar-refractivity contribution in [2.24, 2.45) is 28.6 Å². The van der Waals surface area contributed by atoms with Crippen LogP contribution in [0.15, 0.2) is 23.3 Å². The van der Waals surface area contributed by atoms with Crippen LogP contribution in [0.1, 0.15) is 81.1 Å². The summed E-state index contributed by atoms with van der Waals surface area (Å²) in [5.74, 6) is -3.76. The first kappa shape index (κ1) is 38.4. The molecule has 4 aliphatic rings. The molecule has 4 rings (SSSR count). The Bertz CT molecular complexity index is 1270. The summed E-state index contributed by atoms with van der Waals surface area (Å²) in [6.07, 6.45) is -10.1. The second-order valence-electron chi connectivity index (χ2n) is 15.1. The Balaban J connectivity index is 1.91. The summed E-state index contributed by atoms with van der Waals surface area (Å²) in [6, 6.07) is 0. The van der Waals surface area contributed by atoms with Crippen molar-refractivity contribution < 1.29 is 63.6 Å². The zero-order valence-corrected chi connectivity index (χ0v) is 29.3. The molecule has 1 heterocycles. The standard InChI is InChI=1S/C35H54O13/c1-15-12-22(46-32(43)16(2)18(4)37)27-31(45-20(6)39)26-17(3)21(44-19(5)38)10-11-35(26,9)13-23(25(15)34(27,7)8)47-33-30(42)29(41)28(40)24(14-36)48-33/h16,18,21-24,26-31,33,36-37,40-42H,3,10-14H2,1-2,4-9H3/t16-,18-,21-,22-,23-,24+,26-,27-,28+,29-,30+,31-,33+,35-/m0/s1. The number of aliphatic hydroxyl groups is 5. The van der Waals surface area contributed by atoms with E-state index in [1.54, 1.807) is 6.92 Å². The molecule has 0 aromatic heterocycles. The second-order valence-corrected chi connectivity index (χ2v) is 15.1. The molecule has 272 valence electrons. The topological polar surface area (TPSA) is 199 Å². The summed E-state index contributed by atoms with van der Waals surface area (Å²) in [7, 11) is 0. The number of hydrogen-bond acceptors (Lipinski definition) is 13. The summed E-state index contributed by atoms with van der Waals surface area (Å²) in [4.78, 5) is 38.4. The number of fused-ring (bicyclic) bond motifs is 3. The summed E-state index contributed by atoms with van der Waals surface area (Å²) in [5, 5.41) is 52.0. The van der Waals surface area contributed by atoms with Crippen LogP contribution in [0.5, 0.6) is 0 Å². The van der Waals surface area contributed by atoms with Crippen LogP contribution in [0.4, 0.5) is 0 Å². The van der Waals surface area contributed by atoms with E-state index >= 15 is 0 Å². The van der Waals surface area contributed by atoms with E-state index in [1.165, 1.54) is 20.8 Å². The van der Waals surface area contributed by atoms with E-state index in [2.05, 4.69) is 6.58 Å². The number of ether oxygens (including phenoxy) is 5. The van der Waals surface area contributed by atoms with Crippen LogP contribution in [0.25, 0.3) is 0 Å². The van der Waals surface area contributed by atoms with Crippen molar-refractivity contribution in [3.05, 3.63) is 23.3 Å². The lowest BCUT2D eigenvalue weighted by Crippen LogP contribution is -2.62. The molecule has 2 saturated carbocycles. The molecule has 0 radical (unpaired) electrons. The summed E-state index contributed by atoms with van der Waals surface area (Å²) in [6.45, 7) is 17.3. The molecule has 0 aromatic rings. The van der Waals surface area contributed by atoms with Gasteiger partial charge in [0.2, 0.25) is 0 Å². The molecule has 1 aliphatic heterocycles. The fourth-order valence-corrected chi connectivity index (χ4v) is 8.76. The fourth-order valence-electron chi connectivity index (χ4n) is 8.76. The molecule has 13 nitrogen and oxygen atoms in total. The third-order valence-electron chi connectivity index (χ3n) is 11.2. The Morgan fingerprint density at radius 3 is 2.17 bits per heavy atom. The van der Waals surface area contributed by atoms with Gasteiger partial charge in [0.15, 0.2) is 6.29 Å². The van der Waals surface area contributed by atoms with E-state index in [1.807, 2.05) is 27.7 Å². The fraction of sp³-hybridized carbons (Fsp3) is 0.800. The Kier molecular flexibility index (Phi) is 11.6. The van der Waals surface area contributed by atoms with Crippen LogP contribution in [-0.4, -0.2) is 111 Å². The molecule has 3 aliphatic carbocycles. The van der Waals surface area contributed by atoms with Crippen molar-refractivity contribution in [2.45, 2.75) is 142 Å². The van der Waals surface area contributed by atoms with Gasteiger partial charge in [-0.1, -0.05) is 32.9 Å². The van der Waals surface area contributed by atoms with Crippen LogP contribution in [-0.2, 0) is 38.1 Å². The van der Waals surface area contributed by atoms with E-state index in [-0.39, 0.29) is 6.42 Å². The molecule has 3 fully saturated rings. The number of hydrogen-bond donors (Lipinski definition) is 5. The van der Waals surface area contributed by atoms with Crippen molar-refractivity contribution in [1.82, 2.24) is 0 Å². The van der Waals surface area contributed by atoms with E-state index < -0.39 is 114 Å². The Hall–Kier alpha value is -2.39. The SMILES string of the molecule is C=C1[C@@H](OC(C)=O)CC[C@@]2(C)C[C@H](O[C@@H]3O[C@H](CO)[C@@H](O)[C@H](O)[C@H]3O)C3=C(C)C[C@H](OC(=O)[C@@H](C)[C@H](C)O)[C@@H]([C@@H](OC(C)=O)[C@H]12)C3(C)C. The normalized spacial score (nSPS) is 40.9. The maximum atomic E-state index is 13.4. The first-order chi connectivity index (χ1) is 22.2. The minimum absolute atomic E-state index is 0.233. The van der Waals surface area contributed by atoms with Crippen molar-refractivity contribution in [3.8, 4) is 0 Å². The van der Waals surface area contributed by atoms with Gasteiger partial charge in [-0.3, -0.25) is 14.4 Å². The predicted molar refractivity (Wildman–Crippen MR) is 170 cm³/mol. The first-order valence-corrected chi connectivity index (χ1v) is 16.8. The minimum Gasteiger partial charge on any atom is -0.461 e. The number of rotatable bonds is 8. The van der Waals surface area contributed by atoms with Gasteiger partial charge in [-0.25, -0.2) is 0 Å². The molecule has 5 N–H and O–H groups in total. The van der Waals surface area contributed by atoms with Gasteiger partial charge in [-0.15, -0.1) is 0 Å². The van der Waals surface area contributed by atoms with Gasteiger partial charge >= 0.3 is 17.9 Å². The molecule has 13 heteroatoms. The predicted octanol–water partition coefficient (Wildman–Crippen LogP) is 1.70.